The van der Waals surface area contributed by atoms with Crippen molar-refractivity contribution in [2.45, 2.75) is 18.9 Å². The van der Waals surface area contributed by atoms with Crippen molar-refractivity contribution in [3.05, 3.63) is 71.8 Å². The van der Waals surface area contributed by atoms with Crippen LogP contribution < -0.4 is 0 Å². The number of carbonyl (C=O) groups excluding carboxylic acids is 1. The first kappa shape index (κ1) is 14.3. The zero-order valence-electron chi connectivity index (χ0n) is 11.2. The number of aliphatic imine (C=N–C) groups is 1. The minimum Gasteiger partial charge on any atom is -0.294 e. The molecule has 20 heavy (non-hydrogen) atoms. The molecule has 0 fully saturated rings. The molecule has 1 atom stereocenters. The molecular weight excluding hydrogens is 266 g/mol. The van der Waals surface area contributed by atoms with Crippen LogP contribution in [0.2, 0.25) is 0 Å². The number of carbonyl (C=O) groups is 1. The summed E-state index contributed by atoms with van der Waals surface area (Å²) >= 11 is 4.74. The highest BCUT2D eigenvalue weighted by Crippen LogP contribution is 2.30. The third-order valence-corrected chi connectivity index (χ3v) is 3.38. The third-order valence-electron chi connectivity index (χ3n) is 3.29. The van der Waals surface area contributed by atoms with Gasteiger partial charge in [0.15, 0.2) is 5.78 Å². The maximum Gasteiger partial charge on any atom is 0.165 e. The molecule has 0 radical (unpaired) electrons. The van der Waals surface area contributed by atoms with Crippen molar-refractivity contribution in [1.29, 1.82) is 0 Å². The molecule has 0 N–H and O–H groups in total. The lowest BCUT2D eigenvalue weighted by molar-refractivity contribution is 0.0956. The first-order valence-electron chi connectivity index (χ1n) is 6.38. The van der Waals surface area contributed by atoms with Gasteiger partial charge < -0.3 is 0 Å². The van der Waals surface area contributed by atoms with Gasteiger partial charge >= 0.3 is 0 Å². The summed E-state index contributed by atoms with van der Waals surface area (Å²) in [6.45, 7) is 1.91. The lowest BCUT2D eigenvalue weighted by Crippen LogP contribution is -2.23. The standard InChI is InChI=1S/C17H15NOS/c1-17(18-13-20,15-10-6-3-7-11-15)12-16(19)14-8-4-2-5-9-14/h2-11H,12H2,1H3/t17-/m1/s1. The summed E-state index contributed by atoms with van der Waals surface area (Å²) in [5, 5.41) is 2.42. The van der Waals surface area contributed by atoms with Crippen molar-refractivity contribution in [2.24, 2.45) is 4.99 Å². The predicted molar refractivity (Wildman–Crippen MR) is 84.2 cm³/mol. The number of rotatable bonds is 5. The summed E-state index contributed by atoms with van der Waals surface area (Å²) in [5.74, 6) is 0.0472. The monoisotopic (exact) mass is 281 g/mol. The highest BCUT2D eigenvalue weighted by Gasteiger charge is 2.29. The molecule has 2 nitrogen and oxygen atoms in total. The Morgan fingerprint density at radius 1 is 1.10 bits per heavy atom. The van der Waals surface area contributed by atoms with E-state index in [0.717, 1.165) is 5.56 Å². The van der Waals surface area contributed by atoms with E-state index in [9.17, 15) is 4.79 Å². The highest BCUT2D eigenvalue weighted by molar-refractivity contribution is 7.78. The smallest absolute Gasteiger partial charge is 0.165 e. The molecule has 2 aromatic carbocycles. The van der Waals surface area contributed by atoms with Crippen molar-refractivity contribution in [3.8, 4) is 0 Å². The van der Waals surface area contributed by atoms with Crippen LogP contribution in [0.3, 0.4) is 0 Å². The normalized spacial score (nSPS) is 13.1. The van der Waals surface area contributed by atoms with Gasteiger partial charge in [-0.25, -0.2) is 4.99 Å². The Morgan fingerprint density at radius 2 is 1.65 bits per heavy atom. The summed E-state index contributed by atoms with van der Waals surface area (Å²) < 4.78 is 0. The average Bonchev–Trinajstić information content (AvgIpc) is 2.49. The van der Waals surface area contributed by atoms with Gasteiger partial charge in [-0.05, 0) is 24.7 Å². The fraction of sp³-hybridized carbons (Fsp3) is 0.176. The Hall–Kier alpha value is -2.09. The second-order valence-corrected chi connectivity index (χ2v) is 4.99. The topological polar surface area (TPSA) is 29.4 Å². The molecule has 2 rings (SSSR count). The van der Waals surface area contributed by atoms with Crippen LogP contribution in [0.25, 0.3) is 0 Å². The largest absolute Gasteiger partial charge is 0.294 e. The van der Waals surface area contributed by atoms with Crippen LogP contribution in [0.5, 0.6) is 0 Å². The molecule has 0 aliphatic heterocycles. The zero-order chi connectivity index (χ0) is 14.4. The molecule has 0 aliphatic rings. The van der Waals surface area contributed by atoms with E-state index in [1.165, 1.54) is 0 Å². The molecule has 2 aromatic rings. The molecule has 0 spiro atoms. The van der Waals surface area contributed by atoms with Crippen LogP contribution in [-0.2, 0) is 5.54 Å². The number of nitrogens with zero attached hydrogens (tertiary/aromatic N) is 1. The van der Waals surface area contributed by atoms with E-state index in [4.69, 9.17) is 12.2 Å². The van der Waals surface area contributed by atoms with E-state index < -0.39 is 5.54 Å². The van der Waals surface area contributed by atoms with E-state index in [-0.39, 0.29) is 12.2 Å². The van der Waals surface area contributed by atoms with Gasteiger partial charge in [0.2, 0.25) is 0 Å². The Labute approximate surface area is 124 Å². The van der Waals surface area contributed by atoms with E-state index in [1.54, 1.807) is 0 Å². The number of ketones is 1. The maximum absolute atomic E-state index is 12.4. The van der Waals surface area contributed by atoms with E-state index in [0.29, 0.717) is 5.56 Å². The van der Waals surface area contributed by atoms with Gasteiger partial charge in [-0.3, -0.25) is 4.79 Å². The molecule has 0 bridgehead atoms. The lowest BCUT2D eigenvalue weighted by Gasteiger charge is -2.23. The Kier molecular flexibility index (Phi) is 4.57. The second-order valence-electron chi connectivity index (χ2n) is 4.81. The molecule has 100 valence electrons. The zero-order valence-corrected chi connectivity index (χ0v) is 12.1. The number of isothiocyanates is 1. The fourth-order valence-corrected chi connectivity index (χ4v) is 2.34. The highest BCUT2D eigenvalue weighted by atomic mass is 32.1. The molecule has 0 amide bonds. The SMILES string of the molecule is C[C@](CC(=O)c1ccccc1)(N=C=S)c1ccccc1. The summed E-state index contributed by atoms with van der Waals surface area (Å²) in [4.78, 5) is 16.6. The van der Waals surface area contributed by atoms with Crippen molar-refractivity contribution in [3.63, 3.8) is 0 Å². The van der Waals surface area contributed by atoms with Crippen LogP contribution in [0.1, 0.15) is 29.3 Å². The minimum atomic E-state index is -0.671. The van der Waals surface area contributed by atoms with Gasteiger partial charge in [-0.15, -0.1) is 0 Å². The van der Waals surface area contributed by atoms with Crippen LogP contribution in [0, 0.1) is 0 Å². The maximum atomic E-state index is 12.4. The van der Waals surface area contributed by atoms with Crippen LogP contribution >= 0.6 is 12.2 Å². The Bertz CT molecular complexity index is 633. The van der Waals surface area contributed by atoms with Gasteiger partial charge in [0.25, 0.3) is 0 Å². The van der Waals surface area contributed by atoms with E-state index >= 15 is 0 Å². The van der Waals surface area contributed by atoms with Gasteiger partial charge in [0.05, 0.1) is 5.16 Å². The molecule has 0 aromatic heterocycles. The lowest BCUT2D eigenvalue weighted by atomic mass is 9.86. The predicted octanol–water partition coefficient (Wildman–Crippen LogP) is 4.28. The van der Waals surface area contributed by atoms with Gasteiger partial charge in [0.1, 0.15) is 5.54 Å². The average molecular weight is 281 g/mol. The van der Waals surface area contributed by atoms with Crippen molar-refractivity contribution < 1.29 is 4.79 Å². The summed E-state index contributed by atoms with van der Waals surface area (Å²) in [5.41, 5.74) is 0.978. The quantitative estimate of drug-likeness (QED) is 0.465. The van der Waals surface area contributed by atoms with Gasteiger partial charge in [-0.2, -0.15) is 0 Å². The molecule has 0 aliphatic carbocycles. The third kappa shape index (κ3) is 3.27. The van der Waals surface area contributed by atoms with E-state index in [2.05, 4.69) is 10.2 Å². The first-order valence-corrected chi connectivity index (χ1v) is 6.79. The number of hydrogen-bond donors (Lipinski definition) is 0. The fourth-order valence-electron chi connectivity index (χ4n) is 2.14. The van der Waals surface area contributed by atoms with Crippen LogP contribution in [-0.4, -0.2) is 10.9 Å². The summed E-state index contributed by atoms with van der Waals surface area (Å²) in [7, 11) is 0. The number of Topliss-reactive ketones (excluding diaryl/α,β-unsaturated/α-hetero) is 1. The minimum absolute atomic E-state index is 0.0472. The van der Waals surface area contributed by atoms with Crippen molar-refractivity contribution in [2.75, 3.05) is 0 Å². The van der Waals surface area contributed by atoms with Crippen LogP contribution in [0.4, 0.5) is 0 Å². The Balaban J connectivity index is 2.31. The van der Waals surface area contributed by atoms with Crippen molar-refractivity contribution in [1.82, 2.24) is 0 Å². The Morgan fingerprint density at radius 3 is 2.20 bits per heavy atom. The first-order chi connectivity index (χ1) is 9.65. The molecule has 3 heteroatoms. The number of thiocarbonyl (C=S) groups is 1. The van der Waals surface area contributed by atoms with Crippen LogP contribution in [0.15, 0.2) is 65.7 Å². The number of benzene rings is 2. The molecule has 0 saturated heterocycles. The molecular formula is C17H15NOS. The summed E-state index contributed by atoms with van der Waals surface area (Å²) in [6, 6.07) is 18.9. The summed E-state index contributed by atoms with van der Waals surface area (Å²) in [6.07, 6.45) is 0.269. The molecule has 0 heterocycles. The van der Waals surface area contributed by atoms with Gasteiger partial charge in [0, 0.05) is 12.0 Å². The second kappa shape index (κ2) is 6.38. The van der Waals surface area contributed by atoms with Gasteiger partial charge in [-0.1, -0.05) is 60.7 Å². The number of hydrogen-bond acceptors (Lipinski definition) is 3. The van der Waals surface area contributed by atoms with Crippen molar-refractivity contribution >= 4 is 23.2 Å². The molecule has 0 unspecified atom stereocenters. The van der Waals surface area contributed by atoms with E-state index in [1.807, 2.05) is 67.6 Å². The molecule has 0 saturated carbocycles.